The molecule has 0 radical (unpaired) electrons. The van der Waals surface area contributed by atoms with Crippen molar-refractivity contribution in [1.29, 1.82) is 0 Å². The van der Waals surface area contributed by atoms with Crippen molar-refractivity contribution >= 4 is 5.96 Å². The molecule has 0 aliphatic rings. The summed E-state index contributed by atoms with van der Waals surface area (Å²) in [5.74, 6) is 1.74. The molecule has 0 bridgehead atoms. The number of pyridine rings is 1. The van der Waals surface area contributed by atoms with Gasteiger partial charge < -0.3 is 15.0 Å². The first-order chi connectivity index (χ1) is 11.7. The number of rotatable bonds is 7. The third-order valence-electron chi connectivity index (χ3n) is 3.47. The van der Waals surface area contributed by atoms with Crippen LogP contribution in [0.3, 0.4) is 0 Å². The number of guanidine groups is 1. The Bertz CT molecular complexity index is 643. The molecule has 5 nitrogen and oxygen atoms in total. The highest BCUT2D eigenvalue weighted by Gasteiger charge is 2.06. The molecule has 5 heteroatoms. The zero-order chi connectivity index (χ0) is 17.2. The fourth-order valence-corrected chi connectivity index (χ4v) is 2.24. The molecule has 24 heavy (non-hydrogen) atoms. The second kappa shape index (κ2) is 9.55. The molecule has 0 saturated carbocycles. The number of para-hydroxylation sites is 1. The molecule has 2 rings (SSSR count). The minimum Gasteiger partial charge on any atom is -0.492 e. The fraction of sp³-hybridized carbons (Fsp3) is 0.368. The molecule has 0 atom stereocenters. The lowest BCUT2D eigenvalue weighted by Gasteiger charge is -2.22. The van der Waals surface area contributed by atoms with Gasteiger partial charge in [0.05, 0.1) is 18.8 Å². The summed E-state index contributed by atoms with van der Waals surface area (Å²) in [5, 5.41) is 3.31. The van der Waals surface area contributed by atoms with Crippen LogP contribution in [0.4, 0.5) is 0 Å². The summed E-state index contributed by atoms with van der Waals surface area (Å²) in [6, 6.07) is 15.8. The van der Waals surface area contributed by atoms with E-state index in [4.69, 9.17) is 4.74 Å². The van der Waals surface area contributed by atoms with E-state index in [2.05, 4.69) is 27.1 Å². The zero-order valence-corrected chi connectivity index (χ0v) is 14.7. The van der Waals surface area contributed by atoms with E-state index in [1.165, 1.54) is 0 Å². The van der Waals surface area contributed by atoms with Crippen molar-refractivity contribution in [1.82, 2.24) is 15.2 Å². The van der Waals surface area contributed by atoms with Crippen LogP contribution < -0.4 is 10.1 Å². The average Bonchev–Trinajstić information content (AvgIpc) is 2.59. The van der Waals surface area contributed by atoms with E-state index < -0.39 is 0 Å². The van der Waals surface area contributed by atoms with Gasteiger partial charge in [-0.25, -0.2) is 4.99 Å². The third-order valence-corrected chi connectivity index (χ3v) is 3.47. The topological polar surface area (TPSA) is 49.8 Å². The molecular weight excluding hydrogens is 300 g/mol. The Kier molecular flexibility index (Phi) is 7.08. The summed E-state index contributed by atoms with van der Waals surface area (Å²) >= 11 is 0. The molecule has 1 aromatic carbocycles. The van der Waals surface area contributed by atoms with Gasteiger partial charge in [0.15, 0.2) is 5.96 Å². The van der Waals surface area contributed by atoms with Crippen molar-refractivity contribution in [2.75, 3.05) is 26.7 Å². The van der Waals surface area contributed by atoms with Gasteiger partial charge in [0, 0.05) is 19.3 Å². The predicted octanol–water partition coefficient (Wildman–Crippen LogP) is 2.87. The smallest absolute Gasteiger partial charge is 0.194 e. The van der Waals surface area contributed by atoms with E-state index in [0.717, 1.165) is 36.2 Å². The van der Waals surface area contributed by atoms with E-state index in [9.17, 15) is 0 Å². The number of ether oxygens (including phenoxy) is 1. The van der Waals surface area contributed by atoms with E-state index in [0.29, 0.717) is 13.2 Å². The number of aryl methyl sites for hydroxylation is 1. The quantitative estimate of drug-likeness (QED) is 0.628. The highest BCUT2D eigenvalue weighted by Crippen LogP contribution is 2.08. The second-order valence-electron chi connectivity index (χ2n) is 5.52. The molecule has 2 aromatic rings. The van der Waals surface area contributed by atoms with Gasteiger partial charge in [0.1, 0.15) is 12.4 Å². The summed E-state index contributed by atoms with van der Waals surface area (Å²) in [7, 11) is 2.01. The first-order valence-electron chi connectivity index (χ1n) is 8.29. The Morgan fingerprint density at radius 2 is 1.96 bits per heavy atom. The largest absolute Gasteiger partial charge is 0.492 e. The molecule has 0 unspecified atom stereocenters. The van der Waals surface area contributed by atoms with Gasteiger partial charge in [-0.15, -0.1) is 0 Å². The standard InChI is InChI=1S/C19H26N4O/c1-4-20-19(21-15-17-10-8-9-16(2)22-17)23(3)13-14-24-18-11-6-5-7-12-18/h5-12H,4,13-15H2,1-3H3,(H,20,21). The van der Waals surface area contributed by atoms with Crippen molar-refractivity contribution in [2.24, 2.45) is 4.99 Å². The van der Waals surface area contributed by atoms with Crippen molar-refractivity contribution < 1.29 is 4.74 Å². The molecule has 0 spiro atoms. The molecule has 0 saturated heterocycles. The Morgan fingerprint density at radius 3 is 2.67 bits per heavy atom. The van der Waals surface area contributed by atoms with E-state index in [1.54, 1.807) is 0 Å². The summed E-state index contributed by atoms with van der Waals surface area (Å²) in [4.78, 5) is 11.2. The number of hydrogen-bond donors (Lipinski definition) is 1. The van der Waals surface area contributed by atoms with E-state index >= 15 is 0 Å². The number of likely N-dealkylation sites (N-methyl/N-ethyl adjacent to an activating group) is 1. The number of aliphatic imine (C=N–C) groups is 1. The van der Waals surface area contributed by atoms with Crippen molar-refractivity contribution in [3.8, 4) is 5.75 Å². The van der Waals surface area contributed by atoms with Crippen LogP contribution in [0, 0.1) is 6.92 Å². The molecule has 0 amide bonds. The van der Waals surface area contributed by atoms with Crippen molar-refractivity contribution in [3.05, 3.63) is 59.9 Å². The fourth-order valence-electron chi connectivity index (χ4n) is 2.24. The normalized spacial score (nSPS) is 11.2. The molecule has 1 heterocycles. The van der Waals surface area contributed by atoms with Crippen LogP contribution in [0.1, 0.15) is 18.3 Å². The van der Waals surface area contributed by atoms with Crippen LogP contribution >= 0.6 is 0 Å². The molecule has 1 aromatic heterocycles. The van der Waals surface area contributed by atoms with Gasteiger partial charge in [0.25, 0.3) is 0 Å². The van der Waals surface area contributed by atoms with E-state index in [1.807, 2.05) is 62.5 Å². The van der Waals surface area contributed by atoms with Crippen molar-refractivity contribution in [3.63, 3.8) is 0 Å². The maximum atomic E-state index is 5.75. The minimum atomic E-state index is 0.563. The summed E-state index contributed by atoms with van der Waals surface area (Å²) in [5.41, 5.74) is 1.98. The Morgan fingerprint density at radius 1 is 1.17 bits per heavy atom. The summed E-state index contributed by atoms with van der Waals surface area (Å²) in [6.45, 7) is 6.80. The minimum absolute atomic E-state index is 0.563. The zero-order valence-electron chi connectivity index (χ0n) is 14.7. The lowest BCUT2D eigenvalue weighted by Crippen LogP contribution is -2.40. The molecule has 1 N–H and O–H groups in total. The molecule has 0 fully saturated rings. The number of nitrogens with one attached hydrogen (secondary N) is 1. The maximum Gasteiger partial charge on any atom is 0.194 e. The molecule has 128 valence electrons. The summed E-state index contributed by atoms with van der Waals surface area (Å²) < 4.78 is 5.75. The Balaban J connectivity index is 1.89. The molecule has 0 aliphatic carbocycles. The number of nitrogens with zero attached hydrogens (tertiary/aromatic N) is 3. The van der Waals surface area contributed by atoms with Crippen LogP contribution in [0.25, 0.3) is 0 Å². The molecular formula is C19H26N4O. The Labute approximate surface area is 144 Å². The van der Waals surface area contributed by atoms with Gasteiger partial charge in [-0.1, -0.05) is 24.3 Å². The molecule has 0 aliphatic heterocycles. The monoisotopic (exact) mass is 326 g/mol. The first-order valence-corrected chi connectivity index (χ1v) is 8.29. The predicted molar refractivity (Wildman–Crippen MR) is 98.4 cm³/mol. The lowest BCUT2D eigenvalue weighted by molar-refractivity contribution is 0.281. The van der Waals surface area contributed by atoms with Crippen LogP contribution in [0.5, 0.6) is 5.75 Å². The number of aromatic nitrogens is 1. The second-order valence-corrected chi connectivity index (χ2v) is 5.52. The van der Waals surface area contributed by atoms with Gasteiger partial charge in [-0.05, 0) is 38.1 Å². The number of hydrogen-bond acceptors (Lipinski definition) is 3. The summed E-state index contributed by atoms with van der Waals surface area (Å²) in [6.07, 6.45) is 0. The van der Waals surface area contributed by atoms with Crippen LogP contribution in [0.2, 0.25) is 0 Å². The first kappa shape index (κ1) is 17.8. The lowest BCUT2D eigenvalue weighted by atomic mass is 10.3. The van der Waals surface area contributed by atoms with Gasteiger partial charge >= 0.3 is 0 Å². The van der Waals surface area contributed by atoms with Crippen LogP contribution in [-0.2, 0) is 6.54 Å². The van der Waals surface area contributed by atoms with Gasteiger partial charge in [0.2, 0.25) is 0 Å². The maximum absolute atomic E-state index is 5.75. The SMILES string of the molecule is CCNC(=NCc1cccc(C)n1)N(C)CCOc1ccccc1. The highest BCUT2D eigenvalue weighted by molar-refractivity contribution is 5.79. The Hall–Kier alpha value is -2.56. The van der Waals surface area contributed by atoms with Crippen LogP contribution in [-0.4, -0.2) is 42.6 Å². The third kappa shape index (κ3) is 5.91. The number of benzene rings is 1. The highest BCUT2D eigenvalue weighted by atomic mass is 16.5. The van der Waals surface area contributed by atoms with E-state index in [-0.39, 0.29) is 0 Å². The van der Waals surface area contributed by atoms with Crippen LogP contribution in [0.15, 0.2) is 53.5 Å². The van der Waals surface area contributed by atoms with Gasteiger partial charge in [-0.2, -0.15) is 0 Å². The van der Waals surface area contributed by atoms with Crippen molar-refractivity contribution in [2.45, 2.75) is 20.4 Å². The average molecular weight is 326 g/mol. The van der Waals surface area contributed by atoms with Gasteiger partial charge in [-0.3, -0.25) is 4.98 Å².